The maximum absolute atomic E-state index is 12.8. The van der Waals surface area contributed by atoms with E-state index in [9.17, 15) is 29.4 Å². The Morgan fingerprint density at radius 1 is 0.575 bits per heavy atom. The van der Waals surface area contributed by atoms with Gasteiger partial charge in [0.2, 0.25) is 11.8 Å². The first-order valence-corrected chi connectivity index (χ1v) is 12.1. The Bertz CT molecular complexity index is 2080. The van der Waals surface area contributed by atoms with Crippen molar-refractivity contribution in [3.63, 3.8) is 0 Å². The normalized spacial score (nSPS) is 11.4. The molecule has 0 fully saturated rings. The Kier molecular flexibility index (Phi) is 5.34. The van der Waals surface area contributed by atoms with Gasteiger partial charge >= 0.3 is 11.9 Å². The van der Waals surface area contributed by atoms with E-state index in [4.69, 9.17) is 16.2 Å². The van der Waals surface area contributed by atoms with Crippen molar-refractivity contribution in [2.45, 2.75) is 0 Å². The first kappa shape index (κ1) is 24.6. The van der Waals surface area contributed by atoms with Crippen molar-refractivity contribution in [3.8, 4) is 16.9 Å². The van der Waals surface area contributed by atoms with Gasteiger partial charge in [0.1, 0.15) is 5.75 Å². The molecule has 0 atom stereocenters. The molecule has 0 unspecified atom stereocenters. The van der Waals surface area contributed by atoms with Crippen LogP contribution in [-0.4, -0.2) is 41.1 Å². The molecular formula is C31H20N2O7. The fourth-order valence-electron chi connectivity index (χ4n) is 5.75. The molecule has 0 heterocycles. The Morgan fingerprint density at radius 3 is 1.60 bits per heavy atom. The number of hydrogen-bond acceptors (Lipinski definition) is 5. The van der Waals surface area contributed by atoms with Crippen LogP contribution in [0.2, 0.25) is 0 Å². The number of amides is 2. The van der Waals surface area contributed by atoms with Gasteiger partial charge in [-0.15, -0.1) is 0 Å². The minimum absolute atomic E-state index is 0.0763. The lowest BCUT2D eigenvalue weighted by Crippen LogP contribution is -2.17. The molecule has 0 saturated carbocycles. The number of aromatic carboxylic acids is 2. The molecule has 6 N–H and O–H groups in total. The highest BCUT2D eigenvalue weighted by molar-refractivity contribution is 6.40. The second kappa shape index (κ2) is 8.67. The van der Waals surface area contributed by atoms with E-state index in [1.807, 2.05) is 0 Å². The van der Waals surface area contributed by atoms with Gasteiger partial charge in [-0.3, -0.25) is 9.59 Å². The number of hydrogen-bond donors (Lipinski definition) is 4. The van der Waals surface area contributed by atoms with Crippen LogP contribution in [0.15, 0.2) is 66.7 Å². The van der Waals surface area contributed by atoms with Gasteiger partial charge in [-0.05, 0) is 79.8 Å². The van der Waals surface area contributed by atoms with Crippen molar-refractivity contribution in [1.82, 2.24) is 0 Å². The van der Waals surface area contributed by atoms with Crippen LogP contribution in [0.25, 0.3) is 54.2 Å². The third kappa shape index (κ3) is 3.34. The van der Waals surface area contributed by atoms with E-state index in [0.29, 0.717) is 49.2 Å². The van der Waals surface area contributed by atoms with Crippen LogP contribution in [0.5, 0.6) is 5.75 Å². The quantitative estimate of drug-likeness (QED) is 0.173. The van der Waals surface area contributed by atoms with Crippen molar-refractivity contribution in [1.29, 1.82) is 0 Å². The predicted molar refractivity (Wildman–Crippen MR) is 151 cm³/mol. The van der Waals surface area contributed by atoms with Gasteiger partial charge in [0, 0.05) is 21.9 Å². The number of rotatable bonds is 6. The summed E-state index contributed by atoms with van der Waals surface area (Å²) in [6, 6.07) is 17.8. The zero-order chi connectivity index (χ0) is 28.5. The zero-order valence-corrected chi connectivity index (χ0v) is 20.9. The fraction of sp³-hybridized carbons (Fsp3) is 0.0323. The summed E-state index contributed by atoms with van der Waals surface area (Å²) in [5.74, 6) is -3.46. The Morgan fingerprint density at radius 2 is 1.07 bits per heavy atom. The summed E-state index contributed by atoms with van der Waals surface area (Å²) in [5, 5.41) is 23.5. The molecule has 0 aliphatic carbocycles. The van der Waals surface area contributed by atoms with E-state index < -0.39 is 23.8 Å². The Labute approximate surface area is 225 Å². The topological polar surface area (TPSA) is 170 Å². The van der Waals surface area contributed by atoms with Crippen molar-refractivity contribution in [3.05, 3.63) is 89.0 Å². The molecule has 9 nitrogen and oxygen atoms in total. The number of carboxylic acid groups (broad SMARTS) is 2. The van der Waals surface area contributed by atoms with E-state index in [-0.39, 0.29) is 33.0 Å². The van der Waals surface area contributed by atoms with Crippen LogP contribution in [0.3, 0.4) is 0 Å². The summed E-state index contributed by atoms with van der Waals surface area (Å²) < 4.78 is 5.29. The summed E-state index contributed by atoms with van der Waals surface area (Å²) in [4.78, 5) is 49.8. The summed E-state index contributed by atoms with van der Waals surface area (Å²) in [5.41, 5.74) is 12.7. The van der Waals surface area contributed by atoms with E-state index in [1.165, 1.54) is 25.3 Å². The van der Waals surface area contributed by atoms with Gasteiger partial charge in [-0.1, -0.05) is 30.3 Å². The molecule has 2 amide bonds. The molecule has 196 valence electrons. The predicted octanol–water partition coefficient (Wildman–Crippen LogP) is 5.01. The third-order valence-corrected chi connectivity index (χ3v) is 7.40. The van der Waals surface area contributed by atoms with Crippen LogP contribution < -0.4 is 16.2 Å². The molecule has 0 bridgehead atoms. The lowest BCUT2D eigenvalue weighted by Gasteiger charge is -2.21. The number of ether oxygens (including phenoxy) is 1. The van der Waals surface area contributed by atoms with Crippen LogP contribution in [0, 0.1) is 0 Å². The summed E-state index contributed by atoms with van der Waals surface area (Å²) in [6.45, 7) is 0. The molecule has 0 spiro atoms. The summed E-state index contributed by atoms with van der Waals surface area (Å²) >= 11 is 0. The lowest BCUT2D eigenvalue weighted by atomic mass is 9.81. The van der Waals surface area contributed by atoms with Crippen LogP contribution in [0.4, 0.5) is 0 Å². The number of benzene rings is 6. The molecule has 9 heteroatoms. The molecule has 6 rings (SSSR count). The lowest BCUT2D eigenvalue weighted by molar-refractivity contribution is 0.0695. The first-order valence-electron chi connectivity index (χ1n) is 12.1. The molecule has 0 radical (unpaired) electrons. The van der Waals surface area contributed by atoms with Gasteiger partial charge in [0.15, 0.2) is 0 Å². The third-order valence-electron chi connectivity index (χ3n) is 7.40. The van der Waals surface area contributed by atoms with Gasteiger partial charge in [0.25, 0.3) is 0 Å². The molecule has 6 aromatic rings. The van der Waals surface area contributed by atoms with Gasteiger partial charge in [0.05, 0.1) is 18.2 Å². The second-order valence-corrected chi connectivity index (χ2v) is 9.40. The van der Waals surface area contributed by atoms with Crippen LogP contribution in [-0.2, 0) is 0 Å². The first-order chi connectivity index (χ1) is 19.1. The minimum atomic E-state index is -1.27. The van der Waals surface area contributed by atoms with Crippen molar-refractivity contribution in [2.75, 3.05) is 7.11 Å². The molecular weight excluding hydrogens is 512 g/mol. The number of carboxylic acids is 2. The van der Waals surface area contributed by atoms with Crippen molar-refractivity contribution in [2.24, 2.45) is 11.5 Å². The van der Waals surface area contributed by atoms with Gasteiger partial charge in [-0.2, -0.15) is 0 Å². The van der Waals surface area contributed by atoms with Crippen LogP contribution >= 0.6 is 0 Å². The number of nitrogens with two attached hydrogens (primary N) is 2. The number of carbonyl (C=O) groups is 4. The highest BCUT2D eigenvalue weighted by Gasteiger charge is 2.27. The highest BCUT2D eigenvalue weighted by Crippen LogP contribution is 2.47. The van der Waals surface area contributed by atoms with E-state index in [0.717, 1.165) is 0 Å². The van der Waals surface area contributed by atoms with E-state index in [2.05, 4.69) is 0 Å². The summed E-state index contributed by atoms with van der Waals surface area (Å²) in [7, 11) is 1.54. The molecule has 0 aliphatic heterocycles. The molecule has 0 aromatic heterocycles. The van der Waals surface area contributed by atoms with E-state index >= 15 is 0 Å². The average molecular weight is 533 g/mol. The van der Waals surface area contributed by atoms with Gasteiger partial charge in [-0.25, -0.2) is 9.59 Å². The smallest absolute Gasteiger partial charge is 0.336 e. The number of carbonyl (C=O) groups excluding carboxylic acids is 2. The van der Waals surface area contributed by atoms with Crippen molar-refractivity contribution < 1.29 is 34.1 Å². The maximum Gasteiger partial charge on any atom is 0.336 e. The molecule has 0 saturated heterocycles. The summed E-state index contributed by atoms with van der Waals surface area (Å²) in [6.07, 6.45) is 0. The second-order valence-electron chi connectivity index (χ2n) is 9.40. The molecule has 0 aliphatic rings. The number of methoxy groups -OCH3 is 1. The minimum Gasteiger partial charge on any atom is -0.497 e. The fourth-order valence-corrected chi connectivity index (χ4v) is 5.75. The van der Waals surface area contributed by atoms with E-state index in [1.54, 1.807) is 48.5 Å². The monoisotopic (exact) mass is 532 g/mol. The van der Waals surface area contributed by atoms with Crippen molar-refractivity contribution >= 4 is 66.8 Å². The SMILES string of the molecule is COc1ccc(-c2cc(C(N)=O)c3c(C(N)=O)ccc4c5ccc(C(=O)O)c6c(C(=O)O)ccc(c2c34)c65)cc1. The standard InChI is InChI=1S/C31H20N2O7/c1-40-14-4-2-13(3-5-14)21-12-22(29(33)35)25-18(28(32)34)9-6-16-15-7-10-19(30(36)37)26-20(31(38)39)11-8-17(23(15)26)24(21)27(16)25/h2-12H,1H3,(H2,32,34)(H2,33,35)(H,36,37)(H,38,39). The van der Waals surface area contributed by atoms with Gasteiger partial charge < -0.3 is 26.4 Å². The molecule has 40 heavy (non-hydrogen) atoms. The molecule has 6 aromatic carbocycles. The maximum atomic E-state index is 12.8. The average Bonchev–Trinajstić information content (AvgIpc) is 2.94. The zero-order valence-electron chi connectivity index (χ0n) is 20.9. The largest absolute Gasteiger partial charge is 0.497 e. The number of fused-ring (bicyclic) bond motifs is 2. The Balaban J connectivity index is 1.98. The van der Waals surface area contributed by atoms with Crippen LogP contribution in [0.1, 0.15) is 41.4 Å². The number of primary amides is 2. The Hall–Kier alpha value is -5.70. The highest BCUT2D eigenvalue weighted by atomic mass is 16.5.